The molecule has 1 N–H and O–H groups in total. The van der Waals surface area contributed by atoms with Crippen LogP contribution in [0.15, 0.2) is 30.3 Å². The molecule has 5 nitrogen and oxygen atoms in total. The Hall–Kier alpha value is -1.53. The molecule has 2 heterocycles. The molecular weight excluding hydrogens is 312 g/mol. The van der Waals surface area contributed by atoms with Crippen molar-refractivity contribution in [1.29, 1.82) is 0 Å². The van der Waals surface area contributed by atoms with Gasteiger partial charge in [-0.3, -0.25) is 9.59 Å². The van der Waals surface area contributed by atoms with Gasteiger partial charge < -0.3 is 14.9 Å². The lowest BCUT2D eigenvalue weighted by molar-refractivity contribution is -0.144. The highest BCUT2D eigenvalue weighted by Crippen LogP contribution is 2.47. The SMILES string of the molecule is CC12CCC(=O)N1C(C(=O)N(CCO)Cc1ccccc1)CS2. The molecule has 2 amide bonds. The lowest BCUT2D eigenvalue weighted by atomic mass is 10.1. The van der Waals surface area contributed by atoms with Crippen molar-refractivity contribution in [3.63, 3.8) is 0 Å². The normalized spacial score (nSPS) is 26.4. The molecule has 2 unspecified atom stereocenters. The number of aliphatic hydroxyl groups is 1. The van der Waals surface area contributed by atoms with Crippen molar-refractivity contribution in [1.82, 2.24) is 9.80 Å². The second-order valence-corrected chi connectivity index (χ2v) is 7.74. The fourth-order valence-electron chi connectivity index (χ4n) is 3.41. The molecule has 2 atom stereocenters. The zero-order valence-corrected chi connectivity index (χ0v) is 14.1. The van der Waals surface area contributed by atoms with Gasteiger partial charge in [0.2, 0.25) is 11.8 Å². The number of nitrogens with zero attached hydrogens (tertiary/aromatic N) is 2. The summed E-state index contributed by atoms with van der Waals surface area (Å²) in [6.45, 7) is 2.71. The van der Waals surface area contributed by atoms with Gasteiger partial charge in [-0.05, 0) is 18.9 Å². The predicted molar refractivity (Wildman–Crippen MR) is 89.7 cm³/mol. The van der Waals surface area contributed by atoms with Crippen LogP contribution in [0.2, 0.25) is 0 Å². The smallest absolute Gasteiger partial charge is 0.246 e. The number of amides is 2. The van der Waals surface area contributed by atoms with Gasteiger partial charge in [0.1, 0.15) is 6.04 Å². The van der Waals surface area contributed by atoms with Gasteiger partial charge in [0.25, 0.3) is 0 Å². The highest BCUT2D eigenvalue weighted by Gasteiger charge is 2.53. The number of benzene rings is 1. The van der Waals surface area contributed by atoms with E-state index in [1.54, 1.807) is 21.6 Å². The van der Waals surface area contributed by atoms with Gasteiger partial charge in [0.05, 0.1) is 11.5 Å². The van der Waals surface area contributed by atoms with E-state index in [4.69, 9.17) is 0 Å². The fraction of sp³-hybridized carbons (Fsp3) is 0.529. The summed E-state index contributed by atoms with van der Waals surface area (Å²) in [5.74, 6) is 0.645. The van der Waals surface area contributed by atoms with Crippen molar-refractivity contribution in [2.24, 2.45) is 0 Å². The predicted octanol–water partition coefficient (Wildman–Crippen LogP) is 1.46. The molecule has 3 rings (SSSR count). The van der Waals surface area contributed by atoms with Crippen LogP contribution in [-0.2, 0) is 16.1 Å². The summed E-state index contributed by atoms with van der Waals surface area (Å²) in [5, 5.41) is 9.32. The molecule has 0 radical (unpaired) electrons. The number of fused-ring (bicyclic) bond motifs is 1. The lowest BCUT2D eigenvalue weighted by Gasteiger charge is -2.33. The van der Waals surface area contributed by atoms with Gasteiger partial charge in [-0.25, -0.2) is 0 Å². The van der Waals surface area contributed by atoms with Gasteiger partial charge >= 0.3 is 0 Å². The monoisotopic (exact) mass is 334 g/mol. The third kappa shape index (κ3) is 3.10. The Morgan fingerprint density at radius 3 is 2.87 bits per heavy atom. The van der Waals surface area contributed by atoms with E-state index in [-0.39, 0.29) is 29.8 Å². The molecular formula is C17H22N2O3S. The van der Waals surface area contributed by atoms with E-state index >= 15 is 0 Å². The molecule has 2 aliphatic heterocycles. The highest BCUT2D eigenvalue weighted by molar-refractivity contribution is 8.01. The first-order valence-corrected chi connectivity index (χ1v) is 8.93. The summed E-state index contributed by atoms with van der Waals surface area (Å²) in [4.78, 5) is 28.4. The van der Waals surface area contributed by atoms with E-state index in [0.29, 0.717) is 18.7 Å². The number of hydrogen-bond acceptors (Lipinski definition) is 4. The molecule has 0 aromatic heterocycles. The zero-order valence-electron chi connectivity index (χ0n) is 13.3. The number of thioether (sulfide) groups is 1. The van der Waals surface area contributed by atoms with Crippen molar-refractivity contribution >= 4 is 23.6 Å². The minimum absolute atomic E-state index is 0.0608. The number of carbonyl (C=O) groups is 2. The van der Waals surface area contributed by atoms with Crippen LogP contribution in [-0.4, -0.2) is 56.5 Å². The quantitative estimate of drug-likeness (QED) is 0.886. The van der Waals surface area contributed by atoms with Crippen LogP contribution in [0.25, 0.3) is 0 Å². The second kappa shape index (κ2) is 6.53. The molecule has 1 aromatic rings. The molecule has 2 saturated heterocycles. The third-order valence-corrected chi connectivity index (χ3v) is 6.13. The van der Waals surface area contributed by atoms with Crippen molar-refractivity contribution in [2.45, 2.75) is 37.2 Å². The van der Waals surface area contributed by atoms with Crippen LogP contribution in [0.4, 0.5) is 0 Å². The first kappa shape index (κ1) is 16.3. The average Bonchev–Trinajstić information content (AvgIpc) is 3.04. The van der Waals surface area contributed by atoms with Gasteiger partial charge in [-0.1, -0.05) is 30.3 Å². The summed E-state index contributed by atoms with van der Waals surface area (Å²) < 4.78 is 0. The van der Waals surface area contributed by atoms with E-state index < -0.39 is 6.04 Å². The Bertz CT molecular complexity index is 595. The maximum absolute atomic E-state index is 13.0. The summed E-state index contributed by atoms with van der Waals surface area (Å²) in [6.07, 6.45) is 1.32. The minimum atomic E-state index is -0.407. The zero-order chi connectivity index (χ0) is 16.4. The molecule has 0 aliphatic carbocycles. The summed E-state index contributed by atoms with van der Waals surface area (Å²) in [5.41, 5.74) is 1.02. The molecule has 2 aliphatic rings. The molecule has 0 spiro atoms. The van der Waals surface area contributed by atoms with Crippen molar-refractivity contribution in [3.8, 4) is 0 Å². The molecule has 6 heteroatoms. The van der Waals surface area contributed by atoms with Crippen LogP contribution in [0.5, 0.6) is 0 Å². The number of aliphatic hydroxyl groups excluding tert-OH is 1. The van der Waals surface area contributed by atoms with Crippen LogP contribution < -0.4 is 0 Å². The minimum Gasteiger partial charge on any atom is -0.395 e. The topological polar surface area (TPSA) is 60.9 Å². The Balaban J connectivity index is 1.77. The van der Waals surface area contributed by atoms with Crippen molar-refractivity contribution in [2.75, 3.05) is 18.9 Å². The van der Waals surface area contributed by atoms with Gasteiger partial charge in [-0.15, -0.1) is 11.8 Å². The standard InChI is InChI=1S/C17H22N2O3S/c1-17-8-7-15(21)19(17)14(12-23-17)16(22)18(9-10-20)11-13-5-3-2-4-6-13/h2-6,14,20H,7-12H2,1H3. The summed E-state index contributed by atoms with van der Waals surface area (Å²) in [6, 6.07) is 9.32. The molecule has 2 fully saturated rings. The summed E-state index contributed by atoms with van der Waals surface area (Å²) in [7, 11) is 0. The molecule has 0 bridgehead atoms. The molecule has 0 saturated carbocycles. The fourth-order valence-corrected chi connectivity index (χ4v) is 4.83. The number of hydrogen-bond donors (Lipinski definition) is 1. The van der Waals surface area contributed by atoms with E-state index in [9.17, 15) is 14.7 Å². The van der Waals surface area contributed by atoms with Crippen molar-refractivity contribution in [3.05, 3.63) is 35.9 Å². The lowest BCUT2D eigenvalue weighted by Crippen LogP contribution is -2.51. The molecule has 23 heavy (non-hydrogen) atoms. The Morgan fingerprint density at radius 2 is 2.17 bits per heavy atom. The van der Waals surface area contributed by atoms with E-state index in [1.165, 1.54) is 0 Å². The van der Waals surface area contributed by atoms with E-state index in [0.717, 1.165) is 12.0 Å². The number of carbonyl (C=O) groups excluding carboxylic acids is 2. The highest BCUT2D eigenvalue weighted by atomic mass is 32.2. The van der Waals surface area contributed by atoms with Gasteiger partial charge in [0, 0.05) is 25.3 Å². The van der Waals surface area contributed by atoms with Gasteiger partial charge in [-0.2, -0.15) is 0 Å². The molecule has 1 aromatic carbocycles. The van der Waals surface area contributed by atoms with Crippen LogP contribution in [0.1, 0.15) is 25.3 Å². The van der Waals surface area contributed by atoms with Crippen LogP contribution in [0.3, 0.4) is 0 Å². The average molecular weight is 334 g/mol. The van der Waals surface area contributed by atoms with Crippen LogP contribution >= 0.6 is 11.8 Å². The van der Waals surface area contributed by atoms with Gasteiger partial charge in [0.15, 0.2) is 0 Å². The Morgan fingerprint density at radius 1 is 1.43 bits per heavy atom. The molecule has 124 valence electrons. The largest absolute Gasteiger partial charge is 0.395 e. The maximum atomic E-state index is 13.0. The van der Waals surface area contributed by atoms with E-state index in [1.807, 2.05) is 37.3 Å². The third-order valence-electron chi connectivity index (χ3n) is 4.63. The van der Waals surface area contributed by atoms with Crippen LogP contribution in [0, 0.1) is 0 Å². The first-order chi connectivity index (χ1) is 11.0. The maximum Gasteiger partial charge on any atom is 0.246 e. The van der Waals surface area contributed by atoms with E-state index in [2.05, 4.69) is 0 Å². The number of rotatable bonds is 5. The summed E-state index contributed by atoms with van der Waals surface area (Å²) >= 11 is 1.69. The second-order valence-electron chi connectivity index (χ2n) is 6.23. The first-order valence-electron chi connectivity index (χ1n) is 7.95. The Labute approximate surface area is 140 Å². The van der Waals surface area contributed by atoms with Crippen molar-refractivity contribution < 1.29 is 14.7 Å². The Kier molecular flexibility index (Phi) is 4.64.